The number of Topliss-reactive ketones (excluding diaryl/α,β-unsaturated/α-hetero) is 1. The summed E-state index contributed by atoms with van der Waals surface area (Å²) in [4.78, 5) is 18.8. The number of rotatable bonds is 9. The summed E-state index contributed by atoms with van der Waals surface area (Å²) in [6.07, 6.45) is 0.928. The van der Waals surface area contributed by atoms with Crippen molar-refractivity contribution < 1.29 is 22.4 Å². The first-order chi connectivity index (χ1) is 13.8. The van der Waals surface area contributed by atoms with Gasteiger partial charge in [0.25, 0.3) is 0 Å². The molecule has 0 amide bonds. The van der Waals surface area contributed by atoms with Crippen LogP contribution in [0.25, 0.3) is 11.5 Å². The molecule has 0 atom stereocenters. The normalized spacial score (nSPS) is 15.5. The monoisotopic (exact) mass is 420 g/mol. The molecule has 2 aromatic rings. The lowest BCUT2D eigenvalue weighted by Crippen LogP contribution is -2.37. The third kappa shape index (κ3) is 6.22. The van der Waals surface area contributed by atoms with E-state index < -0.39 is 15.6 Å². The smallest absolute Gasteiger partial charge is 0.226 e. The number of sulfone groups is 1. The maximum Gasteiger partial charge on any atom is 0.226 e. The number of nitrogens with zero attached hydrogens (tertiary/aromatic N) is 2. The number of ketones is 1. The number of oxazole rings is 1. The van der Waals surface area contributed by atoms with Crippen molar-refractivity contribution in [3.63, 3.8) is 0 Å². The summed E-state index contributed by atoms with van der Waals surface area (Å²) in [5, 5.41) is 0. The third-order valence-corrected chi connectivity index (χ3v) is 6.51. The molecule has 1 fully saturated rings. The molecule has 1 aliphatic rings. The van der Waals surface area contributed by atoms with Crippen LogP contribution in [0, 0.1) is 13.8 Å². The standard InChI is InChI=1S/C21H28N2O5S/c1-16-6-3-4-8-19(16)21-22-20(17(2)28-21)15-29(25,26)14-18(24)7-5-9-23-10-12-27-13-11-23/h3-4,6,8H,5,7,9-15H2,1-2H3. The Morgan fingerprint density at radius 2 is 1.90 bits per heavy atom. The maximum atomic E-state index is 12.5. The molecule has 0 unspecified atom stereocenters. The Kier molecular flexibility index (Phi) is 7.21. The first-order valence-electron chi connectivity index (χ1n) is 9.88. The summed E-state index contributed by atoms with van der Waals surface area (Å²) in [5.74, 6) is -0.126. The molecule has 0 bridgehead atoms. The average Bonchev–Trinajstić information content (AvgIpc) is 3.02. The van der Waals surface area contributed by atoms with E-state index in [4.69, 9.17) is 9.15 Å². The molecule has 158 valence electrons. The van der Waals surface area contributed by atoms with Crippen molar-refractivity contribution in [1.29, 1.82) is 0 Å². The van der Waals surface area contributed by atoms with E-state index in [2.05, 4.69) is 9.88 Å². The number of aromatic nitrogens is 1. The first kappa shape index (κ1) is 21.7. The number of carbonyl (C=O) groups is 1. The minimum absolute atomic E-state index is 0.251. The van der Waals surface area contributed by atoms with Gasteiger partial charge in [-0.05, 0) is 38.4 Å². The highest BCUT2D eigenvalue weighted by molar-refractivity contribution is 7.91. The van der Waals surface area contributed by atoms with Gasteiger partial charge >= 0.3 is 0 Å². The van der Waals surface area contributed by atoms with Crippen LogP contribution < -0.4 is 0 Å². The Morgan fingerprint density at radius 3 is 2.62 bits per heavy atom. The molecule has 8 heteroatoms. The molecule has 29 heavy (non-hydrogen) atoms. The average molecular weight is 421 g/mol. The van der Waals surface area contributed by atoms with Crippen molar-refractivity contribution in [2.45, 2.75) is 32.4 Å². The molecule has 1 aromatic heterocycles. The molecule has 0 N–H and O–H groups in total. The largest absolute Gasteiger partial charge is 0.441 e. The van der Waals surface area contributed by atoms with E-state index in [-0.39, 0.29) is 18.0 Å². The summed E-state index contributed by atoms with van der Waals surface area (Å²) >= 11 is 0. The van der Waals surface area contributed by atoms with Crippen molar-refractivity contribution >= 4 is 15.6 Å². The van der Waals surface area contributed by atoms with Gasteiger partial charge in [-0.3, -0.25) is 9.69 Å². The Hall–Kier alpha value is -2.03. The van der Waals surface area contributed by atoms with Crippen LogP contribution in [0.15, 0.2) is 28.7 Å². The van der Waals surface area contributed by atoms with Gasteiger partial charge in [0.05, 0.1) is 24.7 Å². The van der Waals surface area contributed by atoms with Gasteiger partial charge in [0.15, 0.2) is 9.84 Å². The fraction of sp³-hybridized carbons (Fsp3) is 0.524. The molecular weight excluding hydrogens is 392 g/mol. The van der Waals surface area contributed by atoms with E-state index >= 15 is 0 Å². The second-order valence-electron chi connectivity index (χ2n) is 7.47. The van der Waals surface area contributed by atoms with Gasteiger partial charge in [0, 0.05) is 25.1 Å². The predicted molar refractivity (Wildman–Crippen MR) is 110 cm³/mol. The second-order valence-corrected chi connectivity index (χ2v) is 9.53. The maximum absolute atomic E-state index is 12.5. The summed E-state index contributed by atoms with van der Waals surface area (Å²) in [7, 11) is -3.60. The zero-order chi connectivity index (χ0) is 20.9. The molecule has 0 radical (unpaired) electrons. The van der Waals surface area contributed by atoms with Gasteiger partial charge < -0.3 is 9.15 Å². The molecule has 0 aliphatic carbocycles. The first-order valence-corrected chi connectivity index (χ1v) is 11.7. The quantitative estimate of drug-likeness (QED) is 0.616. The van der Waals surface area contributed by atoms with E-state index in [9.17, 15) is 13.2 Å². The zero-order valence-corrected chi connectivity index (χ0v) is 17.8. The molecule has 1 saturated heterocycles. The predicted octanol–water partition coefficient (Wildman–Crippen LogP) is 2.55. The topological polar surface area (TPSA) is 89.7 Å². The fourth-order valence-corrected chi connectivity index (χ4v) is 4.81. The molecule has 0 spiro atoms. The van der Waals surface area contributed by atoms with E-state index in [0.717, 1.165) is 30.8 Å². The van der Waals surface area contributed by atoms with E-state index in [1.54, 1.807) is 6.92 Å². The summed E-state index contributed by atoms with van der Waals surface area (Å²) in [6, 6.07) is 7.64. The van der Waals surface area contributed by atoms with Crippen LogP contribution in [0.5, 0.6) is 0 Å². The van der Waals surface area contributed by atoms with Crippen LogP contribution in [-0.2, 0) is 25.1 Å². The van der Waals surface area contributed by atoms with Crippen LogP contribution >= 0.6 is 0 Å². The van der Waals surface area contributed by atoms with Crippen LogP contribution in [-0.4, -0.2) is 62.7 Å². The highest BCUT2D eigenvalue weighted by Gasteiger charge is 2.22. The number of hydrogen-bond acceptors (Lipinski definition) is 7. The number of hydrogen-bond donors (Lipinski definition) is 0. The van der Waals surface area contributed by atoms with Crippen LogP contribution in [0.2, 0.25) is 0 Å². The molecule has 3 rings (SSSR count). The van der Waals surface area contributed by atoms with Crippen molar-refractivity contribution in [2.24, 2.45) is 0 Å². The molecule has 1 aliphatic heterocycles. The SMILES string of the molecule is Cc1ccccc1-c1nc(CS(=O)(=O)CC(=O)CCCN2CCOCC2)c(C)o1. The summed E-state index contributed by atoms with van der Waals surface area (Å²) < 4.78 is 36.0. The number of aryl methyl sites for hydroxylation is 2. The van der Waals surface area contributed by atoms with Crippen molar-refractivity contribution in [3.8, 4) is 11.5 Å². The third-order valence-electron chi connectivity index (χ3n) is 5.04. The van der Waals surface area contributed by atoms with E-state index in [0.29, 0.717) is 37.0 Å². The highest BCUT2D eigenvalue weighted by atomic mass is 32.2. The van der Waals surface area contributed by atoms with Gasteiger partial charge in [-0.15, -0.1) is 0 Å². The van der Waals surface area contributed by atoms with Gasteiger partial charge in [0.1, 0.15) is 17.3 Å². The minimum Gasteiger partial charge on any atom is -0.441 e. The summed E-state index contributed by atoms with van der Waals surface area (Å²) in [6.45, 7) is 7.58. The lowest BCUT2D eigenvalue weighted by Gasteiger charge is -2.26. The zero-order valence-electron chi connectivity index (χ0n) is 17.0. The van der Waals surface area contributed by atoms with Crippen LogP contribution in [0.1, 0.15) is 29.9 Å². The van der Waals surface area contributed by atoms with Crippen LogP contribution in [0.4, 0.5) is 0 Å². The number of morpholine rings is 1. The Bertz CT molecular complexity index is 946. The van der Waals surface area contributed by atoms with Crippen molar-refractivity contribution in [1.82, 2.24) is 9.88 Å². The molecular formula is C21H28N2O5S. The Balaban J connectivity index is 1.55. The summed E-state index contributed by atoms with van der Waals surface area (Å²) in [5.41, 5.74) is 2.20. The number of carbonyl (C=O) groups excluding carboxylic acids is 1. The number of ether oxygens (including phenoxy) is 1. The van der Waals surface area contributed by atoms with E-state index in [1.807, 2.05) is 31.2 Å². The van der Waals surface area contributed by atoms with Gasteiger partial charge in [-0.1, -0.05) is 18.2 Å². The van der Waals surface area contributed by atoms with Gasteiger partial charge in [0.2, 0.25) is 5.89 Å². The lowest BCUT2D eigenvalue weighted by atomic mass is 10.1. The van der Waals surface area contributed by atoms with E-state index in [1.165, 1.54) is 0 Å². The molecule has 2 heterocycles. The molecule has 7 nitrogen and oxygen atoms in total. The lowest BCUT2D eigenvalue weighted by molar-refractivity contribution is -0.116. The minimum atomic E-state index is -3.60. The second kappa shape index (κ2) is 9.65. The highest BCUT2D eigenvalue weighted by Crippen LogP contribution is 2.25. The fourth-order valence-electron chi connectivity index (χ4n) is 3.39. The van der Waals surface area contributed by atoms with Gasteiger partial charge in [-0.25, -0.2) is 13.4 Å². The molecule has 1 aromatic carbocycles. The van der Waals surface area contributed by atoms with Crippen LogP contribution in [0.3, 0.4) is 0 Å². The van der Waals surface area contributed by atoms with Gasteiger partial charge in [-0.2, -0.15) is 0 Å². The Labute approximate surface area is 172 Å². The molecule has 0 saturated carbocycles. The van der Waals surface area contributed by atoms with Crippen molar-refractivity contribution in [3.05, 3.63) is 41.3 Å². The Morgan fingerprint density at radius 1 is 1.17 bits per heavy atom. The number of benzene rings is 1. The van der Waals surface area contributed by atoms with Crippen molar-refractivity contribution in [2.75, 3.05) is 38.6 Å².